The van der Waals surface area contributed by atoms with E-state index in [1.807, 2.05) is 0 Å². The normalized spacial score (nSPS) is 55.0. The van der Waals surface area contributed by atoms with Gasteiger partial charge >= 0.3 is 21.8 Å². The third-order valence-corrected chi connectivity index (χ3v) is 13.8. The Morgan fingerprint density at radius 3 is 0.500 bits per heavy atom. The molecular formula is C32H56N8OZn. The number of fused-ring (bicyclic) bond motifs is 20. The summed E-state index contributed by atoms with van der Waals surface area (Å²) >= 11 is 0.125. The zero-order valence-electron chi connectivity index (χ0n) is 25.7. The van der Waals surface area contributed by atoms with Crippen LogP contribution in [0, 0.1) is 47.3 Å². The van der Waals surface area contributed by atoms with Gasteiger partial charge in [0, 0.05) is 0 Å². The molecule has 10 heteroatoms. The molecule has 0 radical (unpaired) electrons. The summed E-state index contributed by atoms with van der Waals surface area (Å²) in [6.07, 6.45) is 25.6. The van der Waals surface area contributed by atoms with Gasteiger partial charge in [0.15, 0.2) is 0 Å². The predicted molar refractivity (Wildman–Crippen MR) is 158 cm³/mol. The second-order valence-electron chi connectivity index (χ2n) is 15.6. The Morgan fingerprint density at radius 2 is 0.381 bits per heavy atom. The quantitative estimate of drug-likeness (QED) is 0.191. The van der Waals surface area contributed by atoms with Crippen molar-refractivity contribution < 1.29 is 21.8 Å². The van der Waals surface area contributed by atoms with Crippen LogP contribution in [0.5, 0.6) is 0 Å². The summed E-state index contributed by atoms with van der Waals surface area (Å²) in [6.45, 7) is 0. The fraction of sp³-hybridized carbons (Fsp3) is 1.00. The molecule has 42 heavy (non-hydrogen) atoms. The second kappa shape index (κ2) is 12.7. The molecule has 232 valence electrons. The first-order chi connectivity index (χ1) is 20.8. The van der Waals surface area contributed by atoms with Crippen LogP contribution in [-0.4, -0.2) is 49.3 Å². The van der Waals surface area contributed by atoms with Crippen LogP contribution in [0.2, 0.25) is 0 Å². The zero-order chi connectivity index (χ0) is 28.2. The van der Waals surface area contributed by atoms with E-state index < -0.39 is 0 Å². The third-order valence-electron chi connectivity index (χ3n) is 13.8. The summed E-state index contributed by atoms with van der Waals surface area (Å²) in [5.41, 5.74) is 0. The van der Waals surface area contributed by atoms with Crippen LogP contribution in [0.25, 0.3) is 0 Å². The predicted octanol–water partition coefficient (Wildman–Crippen LogP) is 2.48. The van der Waals surface area contributed by atoms with E-state index in [2.05, 4.69) is 42.5 Å². The van der Waals surface area contributed by atoms with E-state index in [9.17, 15) is 0 Å². The van der Waals surface area contributed by atoms with Crippen molar-refractivity contribution in [3.05, 3.63) is 0 Å². The van der Waals surface area contributed by atoms with Crippen molar-refractivity contribution in [3.63, 3.8) is 0 Å². The molecule has 5 saturated heterocycles. The monoisotopic (exact) mass is 632 g/mol. The van der Waals surface area contributed by atoms with Gasteiger partial charge in [0.1, 0.15) is 0 Å². The first-order valence-corrected chi connectivity index (χ1v) is 19.4. The molecule has 8 N–H and O–H groups in total. The van der Waals surface area contributed by atoms with E-state index in [1.165, 1.54) is 103 Å². The molecule has 0 aromatic heterocycles. The Labute approximate surface area is 263 Å². The molecule has 0 spiro atoms. The molecule has 0 amide bonds. The van der Waals surface area contributed by atoms with Crippen LogP contribution in [0.3, 0.4) is 0 Å². The first-order valence-electron chi connectivity index (χ1n) is 18.2. The van der Waals surface area contributed by atoms with Crippen molar-refractivity contribution in [2.45, 2.75) is 152 Å². The Hall–Kier alpha value is 0.103. The van der Waals surface area contributed by atoms with E-state index in [1.54, 1.807) is 0 Å². The Balaban J connectivity index is 0.00000131. The van der Waals surface area contributed by atoms with E-state index in [4.69, 9.17) is 3.57 Å². The van der Waals surface area contributed by atoms with Gasteiger partial charge in [-0.15, -0.1) is 0 Å². The number of hydrogen-bond acceptors (Lipinski definition) is 9. The van der Waals surface area contributed by atoms with Crippen molar-refractivity contribution in [2.24, 2.45) is 47.3 Å². The van der Waals surface area contributed by atoms with Gasteiger partial charge in [0.25, 0.3) is 0 Å². The summed E-state index contributed by atoms with van der Waals surface area (Å²) < 4.78 is 8.38. The minimum absolute atomic E-state index is 0.125. The van der Waals surface area contributed by atoms with Gasteiger partial charge in [0.05, 0.1) is 49.3 Å². The van der Waals surface area contributed by atoms with Gasteiger partial charge in [0.2, 0.25) is 0 Å². The molecule has 9 fully saturated rings. The van der Waals surface area contributed by atoms with E-state index in [0.29, 0.717) is 49.3 Å². The Bertz CT molecular complexity index is 738. The SMILES string of the molecule is C1CCC2C3NC(NC4NC(NC5NC(NC6NC(N3)C3CCCCC63)C3CCCCC53)C3CCCCC43)C2C1.[O]=[Zn]. The number of nitrogens with one attached hydrogen (secondary N) is 8. The summed E-state index contributed by atoms with van der Waals surface area (Å²) in [6, 6.07) is 0. The van der Waals surface area contributed by atoms with Crippen LogP contribution in [0.15, 0.2) is 0 Å². The molecule has 4 saturated carbocycles. The topological polar surface area (TPSA) is 113 Å². The summed E-state index contributed by atoms with van der Waals surface area (Å²) in [4.78, 5) is 0. The zero-order valence-corrected chi connectivity index (χ0v) is 28.6. The van der Waals surface area contributed by atoms with Crippen molar-refractivity contribution in [2.75, 3.05) is 0 Å². The second-order valence-corrected chi connectivity index (χ2v) is 15.6. The number of hydrogen-bond donors (Lipinski definition) is 8. The molecule has 0 aromatic carbocycles. The molecule has 4 aliphatic carbocycles. The van der Waals surface area contributed by atoms with Crippen LogP contribution in [0.4, 0.5) is 0 Å². The van der Waals surface area contributed by atoms with Crippen LogP contribution in [0.1, 0.15) is 103 Å². The van der Waals surface area contributed by atoms with Crippen molar-refractivity contribution in [1.29, 1.82) is 0 Å². The van der Waals surface area contributed by atoms with Gasteiger partial charge in [-0.25, -0.2) is 0 Å². The summed E-state index contributed by atoms with van der Waals surface area (Å²) in [5.74, 6) is 5.97. The molecule has 5 heterocycles. The average Bonchev–Trinajstić information content (AvgIpc) is 3.78. The molecule has 9 rings (SSSR count). The fourth-order valence-corrected chi connectivity index (χ4v) is 12.0. The summed E-state index contributed by atoms with van der Waals surface area (Å²) in [7, 11) is 0. The van der Waals surface area contributed by atoms with Gasteiger partial charge in [-0.2, -0.15) is 0 Å². The molecule has 8 unspecified atom stereocenters. The van der Waals surface area contributed by atoms with E-state index >= 15 is 0 Å². The van der Waals surface area contributed by atoms with Crippen LogP contribution in [-0.2, 0) is 21.8 Å². The van der Waals surface area contributed by atoms with E-state index in [-0.39, 0.29) is 18.3 Å². The van der Waals surface area contributed by atoms with Gasteiger partial charge < -0.3 is 0 Å². The Kier molecular flexibility index (Phi) is 8.93. The van der Waals surface area contributed by atoms with Gasteiger partial charge in [-0.3, -0.25) is 42.5 Å². The molecule has 0 aromatic rings. The molecule has 8 atom stereocenters. The molecule has 9 aliphatic rings. The standard InChI is InChI=1S/C32H56N8.O.Zn/c1-2-10-18-17(9-1)25-33-26(18)38-28-21-13-5-6-14-22(21)30(35-28)40-32-24-16-8-7-15-23(24)31(36-32)39-29-20-12-4-3-11-19(20)27(34-29)37-25;;/h17-40H,1-16H2;;. The Morgan fingerprint density at radius 1 is 0.262 bits per heavy atom. The molecular weight excluding hydrogens is 578 g/mol. The van der Waals surface area contributed by atoms with E-state index in [0.717, 1.165) is 47.3 Å². The van der Waals surface area contributed by atoms with Crippen molar-refractivity contribution in [3.8, 4) is 0 Å². The van der Waals surface area contributed by atoms with Crippen molar-refractivity contribution in [1.82, 2.24) is 42.5 Å². The molecule has 8 bridgehead atoms. The fourth-order valence-electron chi connectivity index (χ4n) is 12.0. The summed E-state index contributed by atoms with van der Waals surface area (Å²) in [5, 5.41) is 33.8. The van der Waals surface area contributed by atoms with Crippen LogP contribution < -0.4 is 42.5 Å². The van der Waals surface area contributed by atoms with Crippen LogP contribution >= 0.6 is 0 Å². The van der Waals surface area contributed by atoms with Gasteiger partial charge in [-0.1, -0.05) is 51.4 Å². The number of rotatable bonds is 0. The van der Waals surface area contributed by atoms with Crippen molar-refractivity contribution >= 4 is 0 Å². The molecule has 5 aliphatic heterocycles. The first kappa shape index (κ1) is 29.5. The third kappa shape index (κ3) is 5.25. The molecule has 9 nitrogen and oxygen atoms in total. The average molecular weight is 634 g/mol. The maximum atomic E-state index is 8.38. The maximum absolute atomic E-state index is 8.38. The van der Waals surface area contributed by atoms with Gasteiger partial charge in [-0.05, 0) is 98.7 Å². The minimum atomic E-state index is 0.125.